The van der Waals surface area contributed by atoms with Gasteiger partial charge in [-0.2, -0.15) is 0 Å². The Balaban J connectivity index is 2.45. The number of aryl methyl sites for hydroxylation is 1. The third-order valence-corrected chi connectivity index (χ3v) is 3.00. The summed E-state index contributed by atoms with van der Waals surface area (Å²) in [4.78, 5) is 10.7. The fourth-order valence-corrected chi connectivity index (χ4v) is 1.99. The van der Waals surface area contributed by atoms with Crippen molar-refractivity contribution in [2.45, 2.75) is 12.8 Å². The first-order valence-corrected chi connectivity index (χ1v) is 5.93. The number of carboxylic acids is 1. The molecule has 1 aromatic carbocycles. The highest BCUT2D eigenvalue weighted by Crippen LogP contribution is 2.27. The maximum absolute atomic E-state index is 10.7. The van der Waals surface area contributed by atoms with E-state index >= 15 is 0 Å². The van der Waals surface area contributed by atoms with Gasteiger partial charge < -0.3 is 15.6 Å². The summed E-state index contributed by atoms with van der Waals surface area (Å²) in [6, 6.07) is 3.66. The van der Waals surface area contributed by atoms with Crippen LogP contribution in [0, 0.1) is 0 Å². The molecule has 98 valence electrons. The minimum Gasteiger partial charge on any atom is -0.489 e. The molecule has 4 nitrogen and oxygen atoms in total. The fourth-order valence-electron chi connectivity index (χ4n) is 1.99. The van der Waals surface area contributed by atoms with Crippen LogP contribution >= 0.6 is 0 Å². The van der Waals surface area contributed by atoms with Crippen molar-refractivity contribution in [1.29, 1.82) is 0 Å². The molecule has 0 radical (unpaired) electrons. The molecule has 0 saturated carbocycles. The maximum Gasteiger partial charge on any atom is 0.303 e. The van der Waals surface area contributed by atoms with Gasteiger partial charge in [0.1, 0.15) is 0 Å². The number of fused-ring (bicyclic) bond motifs is 1. The highest BCUT2D eigenvalue weighted by atomic mass is 16.5. The number of carbonyl (C=O) groups is 1. The minimum absolute atomic E-state index is 0.0957. The van der Waals surface area contributed by atoms with Crippen molar-refractivity contribution >= 4 is 23.8 Å². The second kappa shape index (κ2) is 5.46. The monoisotopic (exact) mass is 257 g/mol. The first-order valence-electron chi connectivity index (χ1n) is 5.93. The van der Waals surface area contributed by atoms with Gasteiger partial charge in [-0.3, -0.25) is 4.79 Å². The molecule has 0 heterocycles. The molecule has 1 aliphatic carbocycles. The predicted molar refractivity (Wildman–Crippen MR) is 74.3 cm³/mol. The SMILES string of the molecule is COC1=C=Cc2c(N)ccc(CCC(=O)O)c2C=C1. The van der Waals surface area contributed by atoms with Crippen LogP contribution in [0.4, 0.5) is 5.69 Å². The Hall–Kier alpha value is -2.45. The van der Waals surface area contributed by atoms with E-state index in [4.69, 9.17) is 15.6 Å². The average molecular weight is 257 g/mol. The Morgan fingerprint density at radius 2 is 2.16 bits per heavy atom. The molecule has 0 fully saturated rings. The molecule has 3 N–H and O–H groups in total. The van der Waals surface area contributed by atoms with Crippen LogP contribution in [-0.2, 0) is 16.0 Å². The lowest BCUT2D eigenvalue weighted by atomic mass is 9.96. The van der Waals surface area contributed by atoms with Gasteiger partial charge in [-0.1, -0.05) is 11.8 Å². The molecule has 0 saturated heterocycles. The lowest BCUT2D eigenvalue weighted by Crippen LogP contribution is -2.02. The summed E-state index contributed by atoms with van der Waals surface area (Å²) in [5, 5.41) is 8.78. The second-order valence-corrected chi connectivity index (χ2v) is 4.23. The van der Waals surface area contributed by atoms with Gasteiger partial charge in [0, 0.05) is 17.7 Å². The molecule has 0 aromatic heterocycles. The zero-order valence-electron chi connectivity index (χ0n) is 10.6. The van der Waals surface area contributed by atoms with Crippen LogP contribution in [0.15, 0.2) is 29.7 Å². The molecule has 0 spiro atoms. The molecular weight excluding hydrogens is 242 g/mol. The van der Waals surface area contributed by atoms with E-state index in [1.165, 1.54) is 0 Å². The summed E-state index contributed by atoms with van der Waals surface area (Å²) in [6.45, 7) is 0. The summed E-state index contributed by atoms with van der Waals surface area (Å²) in [6.07, 6.45) is 6.02. The highest BCUT2D eigenvalue weighted by Gasteiger charge is 2.11. The zero-order chi connectivity index (χ0) is 13.8. The minimum atomic E-state index is -0.811. The fraction of sp³-hybridized carbons (Fsp3) is 0.200. The van der Waals surface area contributed by atoms with Crippen molar-refractivity contribution in [2.75, 3.05) is 12.8 Å². The van der Waals surface area contributed by atoms with Crippen molar-refractivity contribution in [3.8, 4) is 0 Å². The third-order valence-electron chi connectivity index (χ3n) is 3.00. The van der Waals surface area contributed by atoms with Crippen LogP contribution in [0.1, 0.15) is 23.1 Å². The van der Waals surface area contributed by atoms with Crippen LogP contribution < -0.4 is 5.73 Å². The second-order valence-electron chi connectivity index (χ2n) is 4.23. The number of hydrogen-bond donors (Lipinski definition) is 2. The number of methoxy groups -OCH3 is 1. The number of nitrogen functional groups attached to an aromatic ring is 1. The smallest absolute Gasteiger partial charge is 0.303 e. The Morgan fingerprint density at radius 3 is 2.84 bits per heavy atom. The molecular formula is C15H15NO3. The van der Waals surface area contributed by atoms with E-state index < -0.39 is 5.97 Å². The van der Waals surface area contributed by atoms with Gasteiger partial charge >= 0.3 is 5.97 Å². The van der Waals surface area contributed by atoms with Crippen LogP contribution in [0.5, 0.6) is 0 Å². The van der Waals surface area contributed by atoms with Crippen molar-refractivity contribution in [3.05, 3.63) is 46.4 Å². The van der Waals surface area contributed by atoms with Gasteiger partial charge in [-0.25, -0.2) is 0 Å². The number of hydrogen-bond acceptors (Lipinski definition) is 3. The topological polar surface area (TPSA) is 72.5 Å². The third kappa shape index (κ3) is 2.87. The molecule has 2 rings (SSSR count). The molecule has 19 heavy (non-hydrogen) atoms. The molecule has 1 aromatic rings. The molecule has 0 bridgehead atoms. The van der Waals surface area contributed by atoms with E-state index in [9.17, 15) is 4.79 Å². The number of aliphatic carboxylic acids is 1. The first-order chi connectivity index (χ1) is 9.11. The van der Waals surface area contributed by atoms with Gasteiger partial charge in [-0.15, -0.1) is 0 Å². The average Bonchev–Trinajstić information content (AvgIpc) is 2.61. The van der Waals surface area contributed by atoms with E-state index in [0.29, 0.717) is 17.9 Å². The van der Waals surface area contributed by atoms with Gasteiger partial charge in [0.25, 0.3) is 0 Å². The van der Waals surface area contributed by atoms with Crippen molar-refractivity contribution in [3.63, 3.8) is 0 Å². The van der Waals surface area contributed by atoms with Gasteiger partial charge in [-0.05, 0) is 41.8 Å². The lowest BCUT2D eigenvalue weighted by Gasteiger charge is -2.10. The summed E-state index contributed by atoms with van der Waals surface area (Å²) >= 11 is 0. The molecule has 0 atom stereocenters. The largest absolute Gasteiger partial charge is 0.489 e. The van der Waals surface area contributed by atoms with E-state index in [1.807, 2.05) is 12.1 Å². The van der Waals surface area contributed by atoms with Crippen molar-refractivity contribution < 1.29 is 14.6 Å². The number of benzene rings is 1. The quantitative estimate of drug-likeness (QED) is 0.642. The Morgan fingerprint density at radius 1 is 1.37 bits per heavy atom. The number of rotatable bonds is 4. The Kier molecular flexibility index (Phi) is 3.74. The Labute approximate surface area is 111 Å². The molecule has 0 amide bonds. The summed E-state index contributed by atoms with van der Waals surface area (Å²) in [5.41, 5.74) is 12.3. The number of ether oxygens (including phenoxy) is 1. The van der Waals surface area contributed by atoms with Gasteiger partial charge in [0.15, 0.2) is 5.76 Å². The van der Waals surface area contributed by atoms with E-state index in [1.54, 1.807) is 25.3 Å². The van der Waals surface area contributed by atoms with E-state index in [0.717, 1.165) is 16.7 Å². The number of carboxylic acid groups (broad SMARTS) is 1. The normalized spacial score (nSPS) is 12.6. The standard InChI is InChI=1S/C15H15NO3/c1-19-11-4-6-12-10(3-9-15(17)18)2-8-14(16)13(12)7-5-11/h2,4,6-8H,3,9,16H2,1H3,(H,17,18). The summed E-state index contributed by atoms with van der Waals surface area (Å²) in [7, 11) is 1.57. The predicted octanol–water partition coefficient (Wildman–Crippen LogP) is 2.46. The summed E-state index contributed by atoms with van der Waals surface area (Å²) < 4.78 is 5.13. The number of nitrogens with two attached hydrogens (primary N) is 1. The van der Waals surface area contributed by atoms with Crippen molar-refractivity contribution in [2.24, 2.45) is 0 Å². The van der Waals surface area contributed by atoms with Crippen LogP contribution in [0.25, 0.3) is 12.2 Å². The van der Waals surface area contributed by atoms with Crippen molar-refractivity contribution in [1.82, 2.24) is 0 Å². The first kappa shape index (κ1) is 13.0. The molecule has 4 heteroatoms. The molecule has 0 aliphatic heterocycles. The zero-order valence-corrected chi connectivity index (χ0v) is 10.6. The van der Waals surface area contributed by atoms with Crippen LogP contribution in [-0.4, -0.2) is 18.2 Å². The number of allylic oxidation sites excluding steroid dienone is 1. The van der Waals surface area contributed by atoms with E-state index in [-0.39, 0.29) is 6.42 Å². The van der Waals surface area contributed by atoms with E-state index in [2.05, 4.69) is 5.73 Å². The highest BCUT2D eigenvalue weighted by molar-refractivity contribution is 5.79. The van der Waals surface area contributed by atoms with Crippen LogP contribution in [0.3, 0.4) is 0 Å². The molecule has 1 aliphatic rings. The molecule has 0 unspecified atom stereocenters. The number of anilines is 1. The Bertz CT molecular complexity index is 608. The van der Waals surface area contributed by atoms with Gasteiger partial charge in [0.2, 0.25) is 0 Å². The summed E-state index contributed by atoms with van der Waals surface area (Å²) in [5.74, 6) is -0.200. The van der Waals surface area contributed by atoms with Crippen LogP contribution in [0.2, 0.25) is 0 Å². The lowest BCUT2D eigenvalue weighted by molar-refractivity contribution is -0.136. The maximum atomic E-state index is 10.7. The van der Waals surface area contributed by atoms with Gasteiger partial charge in [0.05, 0.1) is 7.11 Å².